The van der Waals surface area contributed by atoms with Gasteiger partial charge >= 0.3 is 0 Å². The Labute approximate surface area is 174 Å². The lowest BCUT2D eigenvalue weighted by Gasteiger charge is -2.25. The predicted molar refractivity (Wildman–Crippen MR) is 113 cm³/mol. The van der Waals surface area contributed by atoms with Crippen LogP contribution in [0, 0.1) is 5.92 Å². The van der Waals surface area contributed by atoms with Gasteiger partial charge in [-0.25, -0.2) is 0 Å². The van der Waals surface area contributed by atoms with Gasteiger partial charge in [-0.2, -0.15) is 0 Å². The second-order valence-corrected chi connectivity index (χ2v) is 7.21. The summed E-state index contributed by atoms with van der Waals surface area (Å²) in [5.41, 5.74) is 8.78. The Bertz CT molecular complexity index is 1100. The summed E-state index contributed by atoms with van der Waals surface area (Å²) in [4.78, 5) is 28.6. The molecule has 0 saturated carbocycles. The number of benzene rings is 2. The van der Waals surface area contributed by atoms with Crippen LogP contribution in [0.2, 0.25) is 0 Å². The number of pyridine rings is 1. The molecule has 6 nitrogen and oxygen atoms in total. The number of ether oxygens (including phenoxy) is 2. The second kappa shape index (κ2) is 8.37. The molecule has 0 aliphatic carbocycles. The van der Waals surface area contributed by atoms with Crippen molar-refractivity contribution in [2.75, 3.05) is 6.61 Å². The first-order valence-corrected chi connectivity index (χ1v) is 9.83. The molecule has 0 spiro atoms. The summed E-state index contributed by atoms with van der Waals surface area (Å²) in [6.45, 7) is 2.67. The van der Waals surface area contributed by atoms with Crippen LogP contribution in [-0.4, -0.2) is 23.3 Å². The van der Waals surface area contributed by atoms with E-state index in [-0.39, 0.29) is 11.7 Å². The van der Waals surface area contributed by atoms with Crippen molar-refractivity contribution in [2.45, 2.75) is 20.0 Å². The highest BCUT2D eigenvalue weighted by molar-refractivity contribution is 6.03. The number of Topliss-reactive ketones (excluding diaryl/α,β-unsaturated/α-hetero) is 1. The van der Waals surface area contributed by atoms with Crippen molar-refractivity contribution in [1.82, 2.24) is 4.98 Å². The second-order valence-electron chi connectivity index (χ2n) is 7.21. The molecule has 2 heterocycles. The molecule has 2 N–H and O–H groups in total. The molecule has 0 radical (unpaired) electrons. The molecule has 1 atom stereocenters. The zero-order valence-electron chi connectivity index (χ0n) is 16.6. The van der Waals surface area contributed by atoms with Gasteiger partial charge in [-0.3, -0.25) is 14.6 Å². The van der Waals surface area contributed by atoms with Crippen molar-refractivity contribution >= 4 is 11.7 Å². The number of nitrogens with zero attached hydrogens (tertiary/aromatic N) is 1. The van der Waals surface area contributed by atoms with Crippen molar-refractivity contribution in [2.24, 2.45) is 11.7 Å². The van der Waals surface area contributed by atoms with Gasteiger partial charge < -0.3 is 15.2 Å². The van der Waals surface area contributed by atoms with Gasteiger partial charge in [0, 0.05) is 29.6 Å². The highest BCUT2D eigenvalue weighted by Crippen LogP contribution is 2.40. The van der Waals surface area contributed by atoms with Crippen molar-refractivity contribution in [3.05, 3.63) is 77.6 Å². The van der Waals surface area contributed by atoms with Gasteiger partial charge in [0.25, 0.3) is 0 Å². The van der Waals surface area contributed by atoms with Crippen LogP contribution in [0.3, 0.4) is 0 Å². The number of primary amides is 1. The van der Waals surface area contributed by atoms with Crippen LogP contribution in [0.25, 0.3) is 11.1 Å². The average Bonchev–Trinajstić information content (AvgIpc) is 2.78. The largest absolute Gasteiger partial charge is 0.492 e. The smallest absolute Gasteiger partial charge is 0.248 e. The van der Waals surface area contributed by atoms with Crippen LogP contribution in [0.1, 0.15) is 39.6 Å². The fraction of sp³-hybridized carbons (Fsp3) is 0.208. The molecule has 3 aromatic rings. The molecule has 1 aliphatic rings. The van der Waals surface area contributed by atoms with E-state index in [0.29, 0.717) is 47.8 Å². The van der Waals surface area contributed by atoms with E-state index in [2.05, 4.69) is 4.98 Å². The van der Waals surface area contributed by atoms with Crippen LogP contribution in [0.4, 0.5) is 0 Å². The molecular weight excluding hydrogens is 380 g/mol. The minimum atomic E-state index is -0.514. The summed E-state index contributed by atoms with van der Waals surface area (Å²) in [7, 11) is 0. The molecule has 0 fully saturated rings. The van der Waals surface area contributed by atoms with Crippen LogP contribution < -0.4 is 15.2 Å². The number of amides is 1. The molecule has 0 saturated heterocycles. The van der Waals surface area contributed by atoms with Crippen LogP contribution in [0.5, 0.6) is 11.5 Å². The lowest BCUT2D eigenvalue weighted by atomic mass is 9.90. The standard InChI is InChI=1S/C24H22N2O4/c1-2-16-14-30-22-12-21(29-13-15-6-8-26-9-7-15)19(11-20(22)23(16)27)17-4-3-5-18(10-17)24(25)28/h3-12,16H,2,13-14H2,1H3,(H2,25,28). The predicted octanol–water partition coefficient (Wildman–Crippen LogP) is 4.03. The maximum absolute atomic E-state index is 12.9. The number of aromatic nitrogens is 1. The molecule has 0 bridgehead atoms. The fourth-order valence-corrected chi connectivity index (χ4v) is 3.49. The Kier molecular flexibility index (Phi) is 5.48. The third-order valence-electron chi connectivity index (χ3n) is 5.25. The summed E-state index contributed by atoms with van der Waals surface area (Å²) < 4.78 is 12.0. The third kappa shape index (κ3) is 3.89. The van der Waals surface area contributed by atoms with E-state index in [1.807, 2.05) is 25.1 Å². The molecule has 4 rings (SSSR count). The number of rotatable bonds is 6. The molecule has 1 unspecified atom stereocenters. The van der Waals surface area contributed by atoms with Crippen molar-refractivity contribution < 1.29 is 19.1 Å². The van der Waals surface area contributed by atoms with E-state index in [1.54, 1.807) is 42.7 Å². The van der Waals surface area contributed by atoms with E-state index in [9.17, 15) is 9.59 Å². The zero-order chi connectivity index (χ0) is 21.1. The van der Waals surface area contributed by atoms with E-state index in [1.165, 1.54) is 0 Å². The van der Waals surface area contributed by atoms with E-state index in [0.717, 1.165) is 11.1 Å². The van der Waals surface area contributed by atoms with Crippen LogP contribution in [0.15, 0.2) is 60.9 Å². The quantitative estimate of drug-likeness (QED) is 0.672. The number of carbonyl (C=O) groups excluding carboxylic acids is 2. The molecule has 152 valence electrons. The van der Waals surface area contributed by atoms with Gasteiger partial charge in [-0.1, -0.05) is 19.1 Å². The maximum atomic E-state index is 12.9. The highest BCUT2D eigenvalue weighted by Gasteiger charge is 2.29. The minimum Gasteiger partial charge on any atom is -0.492 e. The average molecular weight is 402 g/mol. The summed E-state index contributed by atoms with van der Waals surface area (Å²) in [5, 5.41) is 0. The fourth-order valence-electron chi connectivity index (χ4n) is 3.49. The van der Waals surface area contributed by atoms with Gasteiger partial charge in [0.05, 0.1) is 18.1 Å². The van der Waals surface area contributed by atoms with E-state index in [4.69, 9.17) is 15.2 Å². The highest BCUT2D eigenvalue weighted by atomic mass is 16.5. The number of hydrogen-bond donors (Lipinski definition) is 1. The first kappa shape index (κ1) is 19.6. The first-order valence-electron chi connectivity index (χ1n) is 9.83. The zero-order valence-corrected chi connectivity index (χ0v) is 16.6. The maximum Gasteiger partial charge on any atom is 0.248 e. The van der Waals surface area contributed by atoms with Crippen molar-refractivity contribution in [1.29, 1.82) is 0 Å². The van der Waals surface area contributed by atoms with E-state index < -0.39 is 5.91 Å². The molecule has 1 aliphatic heterocycles. The Hall–Kier alpha value is -3.67. The number of fused-ring (bicyclic) bond motifs is 1. The SMILES string of the molecule is CCC1COc2cc(OCc3ccncc3)c(-c3cccc(C(N)=O)c3)cc2C1=O. The van der Waals surface area contributed by atoms with Crippen LogP contribution >= 0.6 is 0 Å². The molecule has 2 aromatic carbocycles. The third-order valence-corrected chi connectivity index (χ3v) is 5.25. The summed E-state index contributed by atoms with van der Waals surface area (Å²) in [6, 6.07) is 14.3. The number of carbonyl (C=O) groups is 2. The van der Waals surface area contributed by atoms with Crippen molar-refractivity contribution in [3.63, 3.8) is 0 Å². The van der Waals surface area contributed by atoms with Gasteiger partial charge in [0.15, 0.2) is 5.78 Å². The number of hydrogen-bond acceptors (Lipinski definition) is 5. The summed E-state index contributed by atoms with van der Waals surface area (Å²) >= 11 is 0. The number of ketones is 1. The van der Waals surface area contributed by atoms with Gasteiger partial charge in [0.1, 0.15) is 18.1 Å². The first-order chi connectivity index (χ1) is 14.6. The Morgan fingerprint density at radius 1 is 1.17 bits per heavy atom. The lowest BCUT2D eigenvalue weighted by molar-refractivity contribution is 0.0825. The lowest BCUT2D eigenvalue weighted by Crippen LogP contribution is -2.27. The Balaban J connectivity index is 1.78. The molecule has 1 aromatic heterocycles. The van der Waals surface area contributed by atoms with Gasteiger partial charge in [-0.05, 0) is 47.9 Å². The van der Waals surface area contributed by atoms with Crippen molar-refractivity contribution in [3.8, 4) is 22.6 Å². The molecular formula is C24H22N2O4. The van der Waals surface area contributed by atoms with Gasteiger partial charge in [0.2, 0.25) is 5.91 Å². The topological polar surface area (TPSA) is 91.5 Å². The summed E-state index contributed by atoms with van der Waals surface area (Å²) in [5.74, 6) is 0.469. The normalized spacial score (nSPS) is 15.2. The minimum absolute atomic E-state index is 0.0618. The van der Waals surface area contributed by atoms with E-state index >= 15 is 0 Å². The Morgan fingerprint density at radius 3 is 2.70 bits per heavy atom. The van der Waals surface area contributed by atoms with Crippen LogP contribution in [-0.2, 0) is 6.61 Å². The molecule has 30 heavy (non-hydrogen) atoms. The Morgan fingerprint density at radius 2 is 1.97 bits per heavy atom. The monoisotopic (exact) mass is 402 g/mol. The van der Waals surface area contributed by atoms with Gasteiger partial charge in [-0.15, -0.1) is 0 Å². The molecule has 1 amide bonds. The summed E-state index contributed by atoms with van der Waals surface area (Å²) in [6.07, 6.45) is 4.12. The molecule has 6 heteroatoms. The number of nitrogens with two attached hydrogens (primary N) is 1.